The number of fused-ring (bicyclic) bond motifs is 2. The van der Waals surface area contributed by atoms with Crippen LogP contribution in [0.5, 0.6) is 0 Å². The van der Waals surface area contributed by atoms with Gasteiger partial charge in [0.05, 0.1) is 15.0 Å². The summed E-state index contributed by atoms with van der Waals surface area (Å²) in [6.07, 6.45) is 17.6. The Morgan fingerprint density at radius 3 is 2.06 bits per heavy atom. The number of amides is 3. The second-order valence-corrected chi connectivity index (χ2v) is 20.6. The van der Waals surface area contributed by atoms with Gasteiger partial charge in [0.2, 0.25) is 15.9 Å². The van der Waals surface area contributed by atoms with Gasteiger partial charge < -0.3 is 14.8 Å². The second-order valence-electron chi connectivity index (χ2n) is 16.2. The molecular formula is C44H54KN5O14S4. The van der Waals surface area contributed by atoms with Gasteiger partial charge in [-0.15, -0.1) is 31.3 Å². The quantitative estimate of drug-likeness (QED) is 0.0485. The Morgan fingerprint density at radius 1 is 0.853 bits per heavy atom. The van der Waals surface area contributed by atoms with Crippen LogP contribution >= 0.6 is 0 Å². The zero-order valence-corrected chi connectivity index (χ0v) is 45.3. The molecule has 0 aromatic heterocycles. The number of hydrogen-bond donors (Lipinski definition) is 1. The fraction of sp³-hybridized carbons (Fsp3) is 0.409. The largest absolute Gasteiger partial charge is 1.00 e. The van der Waals surface area contributed by atoms with E-state index in [9.17, 15) is 35.8 Å². The number of nitrogens with one attached hydrogen (secondary N) is 1. The molecule has 0 spiro atoms. The van der Waals surface area contributed by atoms with Crippen molar-refractivity contribution in [2.24, 2.45) is 0 Å². The minimum Gasteiger partial charge on any atom is -0.748 e. The molecule has 0 bridgehead atoms. The number of anilines is 1. The summed E-state index contributed by atoms with van der Waals surface area (Å²) in [6.45, 7) is 11.9. The summed E-state index contributed by atoms with van der Waals surface area (Å²) in [7, 11) is -12.9. The monoisotopic (exact) mass is 1040 g/mol. The predicted octanol–water partition coefficient (Wildman–Crippen LogP) is -0.00371. The molecule has 0 unspecified atom stereocenters. The van der Waals surface area contributed by atoms with E-state index in [1.54, 1.807) is 12.1 Å². The summed E-state index contributed by atoms with van der Waals surface area (Å²) in [5, 5.41) is 2.68. The fourth-order valence-corrected chi connectivity index (χ4v) is 9.50. The molecule has 3 amide bonds. The fourth-order valence-electron chi connectivity index (χ4n) is 7.78. The average molecular weight is 1040 g/mol. The Morgan fingerprint density at radius 2 is 1.46 bits per heavy atom. The van der Waals surface area contributed by atoms with Gasteiger partial charge in [-0.1, -0.05) is 70.6 Å². The van der Waals surface area contributed by atoms with Crippen molar-refractivity contribution in [1.82, 2.24) is 14.5 Å². The maximum Gasteiger partial charge on any atom is 1.00 e. The van der Waals surface area contributed by atoms with Crippen molar-refractivity contribution in [2.75, 3.05) is 50.4 Å². The molecule has 3 heterocycles. The van der Waals surface area contributed by atoms with Gasteiger partial charge in [-0.2, -0.15) is 18.2 Å². The molecule has 364 valence electrons. The van der Waals surface area contributed by atoms with Crippen LogP contribution in [0.1, 0.15) is 71.4 Å². The summed E-state index contributed by atoms with van der Waals surface area (Å²) >= 11 is 0. The van der Waals surface area contributed by atoms with Gasteiger partial charge in [-0.3, -0.25) is 19.3 Å². The average Bonchev–Trinajstić information content (AvgIpc) is 3.74. The van der Waals surface area contributed by atoms with Crippen molar-refractivity contribution >= 4 is 76.2 Å². The number of imide groups is 1. The number of carbonyl (C=O) groups excluding carboxylic acids is 3. The predicted molar refractivity (Wildman–Crippen MR) is 247 cm³/mol. The van der Waals surface area contributed by atoms with Crippen LogP contribution in [-0.2, 0) is 66.6 Å². The molecule has 0 saturated carbocycles. The SMILES string of the molecule is CCCN1/C(=C/C=C/C=C/C=C/C2=[N+](CCCS(=O)(=O)[O-])c3cc[c-]cc3C2(C)C)C(C)(C)c2cc(S(=O)(=O)N(C)CCCC(=O)NCCN3C(=O)C=CC3=O)ccc21.O=S(=O)=O.O=S(=O)=O.[K+]. The summed E-state index contributed by atoms with van der Waals surface area (Å²) in [5.41, 5.74) is 5.07. The summed E-state index contributed by atoms with van der Waals surface area (Å²) < 4.78 is 115. The smallest absolute Gasteiger partial charge is 0.748 e. The Kier molecular flexibility index (Phi) is 23.6. The molecule has 0 saturated heterocycles. The van der Waals surface area contributed by atoms with Crippen LogP contribution in [0.25, 0.3) is 0 Å². The normalized spacial score (nSPS) is 16.5. The third kappa shape index (κ3) is 16.8. The molecule has 2 aromatic rings. The first-order valence-corrected chi connectivity index (χ1v) is 25.8. The molecule has 3 aliphatic rings. The first-order chi connectivity index (χ1) is 31.3. The molecule has 24 heteroatoms. The summed E-state index contributed by atoms with van der Waals surface area (Å²) in [5.74, 6) is -1.55. The molecule has 0 atom stereocenters. The molecule has 3 aliphatic heterocycles. The van der Waals surface area contributed by atoms with E-state index in [1.807, 2.05) is 60.7 Å². The topological polar surface area (TPSA) is 270 Å². The Balaban J connectivity index is 0.00000163. The number of carbonyl (C=O) groups is 3. The first-order valence-electron chi connectivity index (χ1n) is 20.8. The third-order valence-electron chi connectivity index (χ3n) is 10.9. The number of rotatable bonds is 19. The van der Waals surface area contributed by atoms with E-state index in [4.69, 9.17) is 25.3 Å². The van der Waals surface area contributed by atoms with E-state index in [0.29, 0.717) is 6.54 Å². The van der Waals surface area contributed by atoms with Gasteiger partial charge in [-0.05, 0) is 42.7 Å². The van der Waals surface area contributed by atoms with Gasteiger partial charge in [0.25, 0.3) is 11.8 Å². The molecule has 5 rings (SSSR count). The molecule has 2 aromatic carbocycles. The zero-order valence-electron chi connectivity index (χ0n) is 38.9. The number of nitrogens with zero attached hydrogens (tertiary/aromatic N) is 4. The standard InChI is InChI=1S/C44H55N5O8S2.K.2O3S/c1-7-27-47-37-23-22-33(59(56,57)46(6)28-15-21-40(50)45-26-30-49-41(51)24-25-42(49)52)32-35(37)44(4,5)39(47)20-12-10-8-9-11-19-38-43(2,3)34-17-13-14-18-36(34)48(38)29-16-31-58(53,54)55;;2*1-4(2)3/h8-12,14,17-20,22-25,32H,7,15-16,21,26-31H2,1-6H3,(H,45,50)(H,53,54,55);;;/q;+1;;/p-1. The van der Waals surface area contributed by atoms with Crippen LogP contribution in [0.4, 0.5) is 11.4 Å². The van der Waals surface area contributed by atoms with Crippen molar-refractivity contribution in [3.05, 3.63) is 114 Å². The molecule has 68 heavy (non-hydrogen) atoms. The van der Waals surface area contributed by atoms with E-state index in [2.05, 4.69) is 61.6 Å². The van der Waals surface area contributed by atoms with E-state index in [-0.39, 0.29) is 106 Å². The van der Waals surface area contributed by atoms with Crippen LogP contribution in [0.2, 0.25) is 0 Å². The van der Waals surface area contributed by atoms with Crippen molar-refractivity contribution < 1.29 is 117 Å². The van der Waals surface area contributed by atoms with E-state index >= 15 is 0 Å². The Hall–Kier alpha value is -4.08. The van der Waals surface area contributed by atoms with Crippen molar-refractivity contribution in [2.45, 2.75) is 76.0 Å². The van der Waals surface area contributed by atoms with Gasteiger partial charge in [-0.25, -0.2) is 25.7 Å². The maximum atomic E-state index is 13.7. The Labute approximate surface area is 443 Å². The van der Waals surface area contributed by atoms with Crippen molar-refractivity contribution in [3.63, 3.8) is 0 Å². The van der Waals surface area contributed by atoms with Crippen molar-refractivity contribution in [1.29, 1.82) is 0 Å². The molecule has 0 aliphatic carbocycles. The first kappa shape index (κ1) is 60.0. The van der Waals surface area contributed by atoms with Gasteiger partial charge in [0.1, 0.15) is 12.2 Å². The number of benzene rings is 2. The third-order valence-corrected chi connectivity index (χ3v) is 13.6. The van der Waals surface area contributed by atoms with Crippen LogP contribution in [0.15, 0.2) is 102 Å². The van der Waals surface area contributed by atoms with Gasteiger partial charge in [0, 0.05) is 92.3 Å². The van der Waals surface area contributed by atoms with E-state index in [1.165, 1.54) is 23.5 Å². The summed E-state index contributed by atoms with van der Waals surface area (Å²) in [4.78, 5) is 39.2. The summed E-state index contributed by atoms with van der Waals surface area (Å²) in [6, 6.07) is 14.1. The molecule has 19 nitrogen and oxygen atoms in total. The van der Waals surface area contributed by atoms with E-state index < -0.39 is 64.3 Å². The van der Waals surface area contributed by atoms with Crippen LogP contribution in [0, 0.1) is 6.07 Å². The number of allylic oxidation sites excluding steroid dienone is 8. The number of hydrogen-bond acceptors (Lipinski definition) is 15. The van der Waals surface area contributed by atoms with Gasteiger partial charge in [0.15, 0.2) is 5.71 Å². The number of sulfonamides is 1. The molecular weight excluding hydrogens is 990 g/mol. The minimum absolute atomic E-state index is 0. The van der Waals surface area contributed by atoms with Crippen LogP contribution < -0.4 is 61.6 Å². The zero-order chi connectivity index (χ0) is 50.3. The van der Waals surface area contributed by atoms with Gasteiger partial charge >= 0.3 is 72.6 Å². The van der Waals surface area contributed by atoms with E-state index in [0.717, 1.165) is 51.8 Å². The van der Waals surface area contributed by atoms with Crippen molar-refractivity contribution in [3.8, 4) is 0 Å². The molecule has 0 radical (unpaired) electrons. The molecule has 0 fully saturated rings. The molecule has 1 N–H and O–H groups in total. The second kappa shape index (κ2) is 26.8. The van der Waals surface area contributed by atoms with Crippen LogP contribution in [0.3, 0.4) is 0 Å². The minimum atomic E-state index is -4.31. The maximum absolute atomic E-state index is 13.7. The van der Waals surface area contributed by atoms with Crippen LogP contribution in [-0.4, -0.2) is 129 Å². The Bertz CT molecular complexity index is 2800.